The average Bonchev–Trinajstić information content (AvgIpc) is 2.53. The van der Waals surface area contributed by atoms with Gasteiger partial charge in [0.25, 0.3) is 0 Å². The lowest BCUT2D eigenvalue weighted by molar-refractivity contribution is -0.139. The topological polar surface area (TPSA) is 56.7 Å². The van der Waals surface area contributed by atoms with Gasteiger partial charge in [0.05, 0.1) is 0 Å². The van der Waals surface area contributed by atoms with Crippen LogP contribution in [0.2, 0.25) is 0 Å². The second kappa shape index (κ2) is 5.72. The van der Waals surface area contributed by atoms with Crippen LogP contribution in [0.15, 0.2) is 30.3 Å². The number of phenolic OH excluding ortho intramolecular Hbond substituents is 1. The van der Waals surface area contributed by atoms with Gasteiger partial charge < -0.3 is 14.9 Å². The quantitative estimate of drug-likeness (QED) is 0.925. The zero-order valence-electron chi connectivity index (χ0n) is 13.1. The molecule has 0 atom stereocenters. The van der Waals surface area contributed by atoms with Crippen molar-refractivity contribution in [3.8, 4) is 5.75 Å². The molecule has 5 nitrogen and oxygen atoms in total. The molecule has 0 saturated carbocycles. The SMILES string of the molecule is O=C(C1CCN(c2ccc3cccc(O)c3n2)CC1)N1CCC1. The van der Waals surface area contributed by atoms with Gasteiger partial charge in [0.2, 0.25) is 5.91 Å². The van der Waals surface area contributed by atoms with Gasteiger partial charge in [-0.1, -0.05) is 12.1 Å². The highest BCUT2D eigenvalue weighted by molar-refractivity contribution is 5.85. The second-order valence-corrected chi connectivity index (χ2v) is 6.46. The molecule has 1 N–H and O–H groups in total. The molecule has 120 valence electrons. The minimum Gasteiger partial charge on any atom is -0.506 e. The third kappa shape index (κ3) is 2.60. The van der Waals surface area contributed by atoms with Crippen LogP contribution < -0.4 is 4.90 Å². The second-order valence-electron chi connectivity index (χ2n) is 6.46. The molecule has 1 aromatic carbocycles. The van der Waals surface area contributed by atoms with Crippen LogP contribution in [0.4, 0.5) is 5.82 Å². The maximum atomic E-state index is 12.3. The van der Waals surface area contributed by atoms with Gasteiger partial charge in [0.1, 0.15) is 17.1 Å². The number of para-hydroxylation sites is 1. The highest BCUT2D eigenvalue weighted by Gasteiger charge is 2.31. The number of amides is 1. The molecule has 1 aromatic heterocycles. The van der Waals surface area contributed by atoms with E-state index in [2.05, 4.69) is 9.88 Å². The van der Waals surface area contributed by atoms with Crippen molar-refractivity contribution in [2.45, 2.75) is 19.3 Å². The Hall–Kier alpha value is -2.30. The largest absolute Gasteiger partial charge is 0.506 e. The molecule has 0 unspecified atom stereocenters. The van der Waals surface area contributed by atoms with Crippen molar-refractivity contribution < 1.29 is 9.90 Å². The number of aromatic hydroxyl groups is 1. The summed E-state index contributed by atoms with van der Waals surface area (Å²) in [6.07, 6.45) is 2.92. The first-order chi connectivity index (χ1) is 11.2. The van der Waals surface area contributed by atoms with E-state index >= 15 is 0 Å². The Kier molecular flexibility index (Phi) is 3.56. The van der Waals surface area contributed by atoms with Crippen molar-refractivity contribution in [3.05, 3.63) is 30.3 Å². The third-order valence-electron chi connectivity index (χ3n) is 5.02. The first kappa shape index (κ1) is 14.3. The predicted octanol–water partition coefficient (Wildman–Crippen LogP) is 2.39. The van der Waals surface area contributed by atoms with Crippen LogP contribution in [-0.4, -0.2) is 47.1 Å². The summed E-state index contributed by atoms with van der Waals surface area (Å²) in [6, 6.07) is 9.43. The molecule has 0 spiro atoms. The van der Waals surface area contributed by atoms with E-state index in [0.29, 0.717) is 11.4 Å². The number of carbonyl (C=O) groups excluding carboxylic acids is 1. The predicted molar refractivity (Wildman–Crippen MR) is 89.5 cm³/mol. The summed E-state index contributed by atoms with van der Waals surface area (Å²) in [5, 5.41) is 10.9. The number of pyridine rings is 1. The highest BCUT2D eigenvalue weighted by Crippen LogP contribution is 2.28. The normalized spacial score (nSPS) is 19.0. The first-order valence-electron chi connectivity index (χ1n) is 8.35. The Balaban J connectivity index is 1.47. The number of anilines is 1. The zero-order valence-corrected chi connectivity index (χ0v) is 13.1. The Morgan fingerprint density at radius 1 is 1.09 bits per heavy atom. The van der Waals surface area contributed by atoms with Gasteiger partial charge in [-0.25, -0.2) is 4.98 Å². The summed E-state index contributed by atoms with van der Waals surface area (Å²) >= 11 is 0. The molecule has 0 aliphatic carbocycles. The van der Waals surface area contributed by atoms with Crippen molar-refractivity contribution in [1.82, 2.24) is 9.88 Å². The van der Waals surface area contributed by atoms with E-state index in [0.717, 1.165) is 56.6 Å². The molecular weight excluding hydrogens is 290 g/mol. The summed E-state index contributed by atoms with van der Waals surface area (Å²) in [4.78, 5) is 21.1. The van der Waals surface area contributed by atoms with E-state index in [9.17, 15) is 9.90 Å². The maximum absolute atomic E-state index is 12.3. The third-order valence-corrected chi connectivity index (χ3v) is 5.02. The summed E-state index contributed by atoms with van der Waals surface area (Å²) < 4.78 is 0. The lowest BCUT2D eigenvalue weighted by Crippen LogP contribution is -2.48. The number of phenols is 1. The number of piperidine rings is 1. The van der Waals surface area contributed by atoms with E-state index in [1.165, 1.54) is 0 Å². The van der Waals surface area contributed by atoms with Gasteiger partial charge in [-0.3, -0.25) is 4.79 Å². The molecule has 0 radical (unpaired) electrons. The Morgan fingerprint density at radius 3 is 2.57 bits per heavy atom. The lowest BCUT2D eigenvalue weighted by atomic mass is 9.94. The van der Waals surface area contributed by atoms with Crippen LogP contribution in [-0.2, 0) is 4.79 Å². The minimum atomic E-state index is 0.167. The summed E-state index contributed by atoms with van der Waals surface area (Å²) in [5.41, 5.74) is 0.642. The van der Waals surface area contributed by atoms with Gasteiger partial charge in [0, 0.05) is 37.5 Å². The number of nitrogens with zero attached hydrogens (tertiary/aromatic N) is 3. The minimum absolute atomic E-state index is 0.167. The van der Waals surface area contributed by atoms with Crippen LogP contribution in [0, 0.1) is 5.92 Å². The molecule has 4 rings (SSSR count). The zero-order chi connectivity index (χ0) is 15.8. The molecule has 2 saturated heterocycles. The van der Waals surface area contributed by atoms with Crippen LogP contribution in [0.5, 0.6) is 5.75 Å². The number of aromatic nitrogens is 1. The molecule has 2 aromatic rings. The van der Waals surface area contributed by atoms with Crippen molar-refractivity contribution in [1.29, 1.82) is 0 Å². The van der Waals surface area contributed by atoms with Crippen molar-refractivity contribution in [2.24, 2.45) is 5.92 Å². The highest BCUT2D eigenvalue weighted by atomic mass is 16.3. The Morgan fingerprint density at radius 2 is 1.87 bits per heavy atom. The van der Waals surface area contributed by atoms with Gasteiger partial charge >= 0.3 is 0 Å². The number of rotatable bonds is 2. The van der Waals surface area contributed by atoms with Crippen molar-refractivity contribution >= 4 is 22.6 Å². The lowest BCUT2D eigenvalue weighted by Gasteiger charge is -2.38. The van der Waals surface area contributed by atoms with Gasteiger partial charge in [-0.15, -0.1) is 0 Å². The fourth-order valence-corrected chi connectivity index (χ4v) is 3.45. The number of carbonyl (C=O) groups is 1. The monoisotopic (exact) mass is 311 g/mol. The molecule has 3 heterocycles. The molecule has 0 bridgehead atoms. The van der Waals surface area contributed by atoms with Crippen molar-refractivity contribution in [3.63, 3.8) is 0 Å². The molecule has 2 aliphatic heterocycles. The van der Waals surface area contributed by atoms with Gasteiger partial charge in [-0.2, -0.15) is 0 Å². The average molecular weight is 311 g/mol. The van der Waals surface area contributed by atoms with Crippen LogP contribution >= 0.6 is 0 Å². The smallest absolute Gasteiger partial charge is 0.225 e. The van der Waals surface area contributed by atoms with Gasteiger partial charge in [0.15, 0.2) is 0 Å². The Bertz CT molecular complexity index is 734. The molecule has 23 heavy (non-hydrogen) atoms. The van der Waals surface area contributed by atoms with E-state index in [1.807, 2.05) is 29.2 Å². The number of hydrogen-bond acceptors (Lipinski definition) is 4. The van der Waals surface area contributed by atoms with Crippen LogP contribution in [0.25, 0.3) is 10.9 Å². The first-order valence-corrected chi connectivity index (χ1v) is 8.35. The standard InChI is InChI=1S/C18H21N3O2/c22-15-4-1-3-13-5-6-16(19-17(13)15)20-11-7-14(8-12-20)18(23)21-9-2-10-21/h1,3-6,14,22H,2,7-12H2. The fourth-order valence-electron chi connectivity index (χ4n) is 3.45. The molecular formula is C18H21N3O2. The van der Waals surface area contributed by atoms with E-state index in [-0.39, 0.29) is 11.7 Å². The number of likely N-dealkylation sites (tertiary alicyclic amines) is 1. The fraction of sp³-hybridized carbons (Fsp3) is 0.444. The number of hydrogen-bond donors (Lipinski definition) is 1. The van der Waals surface area contributed by atoms with Crippen LogP contribution in [0.3, 0.4) is 0 Å². The summed E-state index contributed by atoms with van der Waals surface area (Å²) in [6.45, 7) is 3.56. The van der Waals surface area contributed by atoms with Crippen molar-refractivity contribution in [2.75, 3.05) is 31.1 Å². The number of benzene rings is 1. The van der Waals surface area contributed by atoms with Crippen LogP contribution in [0.1, 0.15) is 19.3 Å². The molecule has 1 amide bonds. The summed E-state index contributed by atoms with van der Waals surface area (Å²) in [7, 11) is 0. The van der Waals surface area contributed by atoms with E-state index < -0.39 is 0 Å². The number of fused-ring (bicyclic) bond motifs is 1. The van der Waals surface area contributed by atoms with E-state index in [1.54, 1.807) is 6.07 Å². The van der Waals surface area contributed by atoms with Gasteiger partial charge in [-0.05, 0) is 37.5 Å². The van der Waals surface area contributed by atoms with E-state index in [4.69, 9.17) is 0 Å². The molecule has 2 fully saturated rings. The summed E-state index contributed by atoms with van der Waals surface area (Å²) in [5.74, 6) is 1.60. The Labute approximate surface area is 135 Å². The molecule has 5 heteroatoms. The maximum Gasteiger partial charge on any atom is 0.225 e. The molecule has 2 aliphatic rings.